The maximum atomic E-state index is 12.2. The molecule has 1 aromatic carbocycles. The fourth-order valence-corrected chi connectivity index (χ4v) is 2.12. The van der Waals surface area contributed by atoms with Crippen LogP contribution in [0.4, 0.5) is 5.69 Å². The van der Waals surface area contributed by atoms with Gasteiger partial charge in [0.1, 0.15) is 0 Å². The van der Waals surface area contributed by atoms with Crippen LogP contribution in [0.3, 0.4) is 0 Å². The summed E-state index contributed by atoms with van der Waals surface area (Å²) in [6.07, 6.45) is 3.43. The van der Waals surface area contributed by atoms with Gasteiger partial charge in [0.15, 0.2) is 0 Å². The number of carbonyl (C=O) groups is 1. The second-order valence-electron chi connectivity index (χ2n) is 5.06. The molecule has 0 unspecified atom stereocenters. The molecule has 4 nitrogen and oxygen atoms in total. The van der Waals surface area contributed by atoms with Crippen LogP contribution < -0.4 is 5.32 Å². The van der Waals surface area contributed by atoms with Gasteiger partial charge in [0.2, 0.25) is 0 Å². The molecular formula is C16H21N3O. The Hall–Kier alpha value is -2.10. The molecule has 1 amide bonds. The van der Waals surface area contributed by atoms with Crippen LogP contribution in [0.2, 0.25) is 0 Å². The smallest absolute Gasteiger partial charge is 0.255 e. The van der Waals surface area contributed by atoms with Crippen molar-refractivity contribution in [1.82, 2.24) is 10.2 Å². The molecular weight excluding hydrogens is 250 g/mol. The van der Waals surface area contributed by atoms with Crippen molar-refractivity contribution in [3.05, 3.63) is 46.8 Å². The van der Waals surface area contributed by atoms with E-state index < -0.39 is 0 Å². The Morgan fingerprint density at radius 2 is 1.95 bits per heavy atom. The first-order chi connectivity index (χ1) is 9.61. The molecule has 0 atom stereocenters. The molecule has 0 saturated carbocycles. The number of H-pyrrole nitrogens is 1. The summed E-state index contributed by atoms with van der Waals surface area (Å²) in [5, 5.41) is 9.84. The number of amides is 1. The molecule has 0 radical (unpaired) electrons. The van der Waals surface area contributed by atoms with Crippen LogP contribution >= 0.6 is 0 Å². The third-order valence-corrected chi connectivity index (χ3v) is 3.40. The Morgan fingerprint density at radius 1 is 1.25 bits per heavy atom. The maximum Gasteiger partial charge on any atom is 0.255 e. The number of aromatic amines is 1. The van der Waals surface area contributed by atoms with E-state index in [-0.39, 0.29) is 5.91 Å². The average Bonchev–Trinajstić information content (AvgIpc) is 2.77. The molecule has 4 heteroatoms. The number of nitrogens with one attached hydrogen (secondary N) is 2. The van der Waals surface area contributed by atoms with Gasteiger partial charge in [-0.3, -0.25) is 9.89 Å². The van der Waals surface area contributed by atoms with Gasteiger partial charge in [-0.2, -0.15) is 5.10 Å². The Balaban J connectivity index is 2.06. The zero-order valence-corrected chi connectivity index (χ0v) is 12.3. The Labute approximate surface area is 119 Å². The molecule has 2 rings (SSSR count). The van der Waals surface area contributed by atoms with E-state index in [2.05, 4.69) is 22.4 Å². The molecule has 106 valence electrons. The number of anilines is 1. The summed E-state index contributed by atoms with van der Waals surface area (Å²) in [7, 11) is 0. The van der Waals surface area contributed by atoms with Gasteiger partial charge in [0.05, 0.1) is 17.1 Å². The normalized spacial score (nSPS) is 10.6. The van der Waals surface area contributed by atoms with Crippen LogP contribution in [0.1, 0.15) is 47.1 Å². The number of carbonyl (C=O) groups excluding carboxylic acids is 1. The van der Waals surface area contributed by atoms with Gasteiger partial charge < -0.3 is 5.32 Å². The second-order valence-corrected chi connectivity index (χ2v) is 5.06. The quantitative estimate of drug-likeness (QED) is 0.872. The molecule has 20 heavy (non-hydrogen) atoms. The van der Waals surface area contributed by atoms with Gasteiger partial charge in [0, 0.05) is 5.56 Å². The highest BCUT2D eigenvalue weighted by molar-refractivity contribution is 6.04. The number of rotatable bonds is 5. The van der Waals surface area contributed by atoms with Crippen LogP contribution in [0.25, 0.3) is 0 Å². The summed E-state index contributed by atoms with van der Waals surface area (Å²) in [6.45, 7) is 5.94. The molecule has 1 heterocycles. The fraction of sp³-hybridized carbons (Fsp3) is 0.375. The predicted octanol–water partition coefficient (Wildman–Crippen LogP) is 3.62. The zero-order chi connectivity index (χ0) is 14.5. The molecule has 1 aromatic heterocycles. The molecule has 2 N–H and O–H groups in total. The first kappa shape index (κ1) is 14.3. The summed E-state index contributed by atoms with van der Waals surface area (Å²) in [4.78, 5) is 12.2. The first-order valence-corrected chi connectivity index (χ1v) is 7.03. The van der Waals surface area contributed by atoms with E-state index in [0.717, 1.165) is 23.5 Å². The molecule has 0 fully saturated rings. The molecule has 0 aliphatic rings. The van der Waals surface area contributed by atoms with Gasteiger partial charge in [0.25, 0.3) is 5.91 Å². The minimum Gasteiger partial charge on any atom is -0.319 e. The largest absolute Gasteiger partial charge is 0.319 e. The summed E-state index contributed by atoms with van der Waals surface area (Å²) >= 11 is 0. The van der Waals surface area contributed by atoms with Gasteiger partial charge in [-0.15, -0.1) is 0 Å². The standard InChI is InChI=1S/C16H21N3O/c1-4-5-6-13-7-9-14(10-8-13)16(20)17-15-11(2)18-19-12(15)3/h7-10H,4-6H2,1-3H3,(H,17,20)(H,18,19). The summed E-state index contributed by atoms with van der Waals surface area (Å²) in [5.41, 5.74) is 4.39. The molecule has 0 aliphatic heterocycles. The number of benzene rings is 1. The van der Waals surface area contributed by atoms with Crippen molar-refractivity contribution < 1.29 is 4.79 Å². The topological polar surface area (TPSA) is 57.8 Å². The lowest BCUT2D eigenvalue weighted by Gasteiger charge is -2.06. The zero-order valence-electron chi connectivity index (χ0n) is 12.3. The van der Waals surface area contributed by atoms with Gasteiger partial charge >= 0.3 is 0 Å². The van der Waals surface area contributed by atoms with E-state index in [9.17, 15) is 4.79 Å². The van der Waals surface area contributed by atoms with E-state index in [4.69, 9.17) is 0 Å². The van der Waals surface area contributed by atoms with E-state index in [0.29, 0.717) is 5.56 Å². The van der Waals surface area contributed by atoms with E-state index in [1.54, 1.807) is 0 Å². The SMILES string of the molecule is CCCCc1ccc(C(=O)Nc2c(C)n[nH]c2C)cc1. The molecule has 0 saturated heterocycles. The van der Waals surface area contributed by atoms with Crippen LogP contribution in [0.5, 0.6) is 0 Å². The van der Waals surface area contributed by atoms with Crippen molar-refractivity contribution in [2.24, 2.45) is 0 Å². The van der Waals surface area contributed by atoms with Crippen molar-refractivity contribution in [2.75, 3.05) is 5.32 Å². The van der Waals surface area contributed by atoms with E-state index >= 15 is 0 Å². The highest BCUT2D eigenvalue weighted by Gasteiger charge is 2.11. The number of unbranched alkanes of at least 4 members (excludes halogenated alkanes) is 1. The number of nitrogens with zero attached hydrogens (tertiary/aromatic N) is 1. The van der Waals surface area contributed by atoms with Crippen molar-refractivity contribution in [1.29, 1.82) is 0 Å². The third-order valence-electron chi connectivity index (χ3n) is 3.40. The number of hydrogen-bond donors (Lipinski definition) is 2. The van der Waals surface area contributed by atoms with Crippen molar-refractivity contribution in [2.45, 2.75) is 40.0 Å². The minimum atomic E-state index is -0.0976. The summed E-state index contributed by atoms with van der Waals surface area (Å²) in [6, 6.07) is 7.81. The Bertz CT molecular complexity index is 565. The maximum absolute atomic E-state index is 12.2. The van der Waals surface area contributed by atoms with Crippen molar-refractivity contribution in [3.8, 4) is 0 Å². The lowest BCUT2D eigenvalue weighted by molar-refractivity contribution is 0.102. The van der Waals surface area contributed by atoms with Gasteiger partial charge in [-0.05, 0) is 44.4 Å². The van der Waals surface area contributed by atoms with Crippen LogP contribution in [-0.4, -0.2) is 16.1 Å². The Kier molecular flexibility index (Phi) is 4.56. The monoisotopic (exact) mass is 271 g/mol. The highest BCUT2D eigenvalue weighted by Crippen LogP contribution is 2.17. The third kappa shape index (κ3) is 3.26. The number of aromatic nitrogens is 2. The first-order valence-electron chi connectivity index (χ1n) is 7.03. The predicted molar refractivity (Wildman–Crippen MR) is 81.1 cm³/mol. The molecule has 2 aromatic rings. The van der Waals surface area contributed by atoms with E-state index in [1.165, 1.54) is 18.4 Å². The van der Waals surface area contributed by atoms with Gasteiger partial charge in [-0.1, -0.05) is 25.5 Å². The Morgan fingerprint density at radius 3 is 2.50 bits per heavy atom. The summed E-state index contributed by atoms with van der Waals surface area (Å²) < 4.78 is 0. The molecule has 0 bridgehead atoms. The number of aryl methyl sites for hydroxylation is 3. The fourth-order valence-electron chi connectivity index (χ4n) is 2.12. The molecule has 0 aliphatic carbocycles. The van der Waals surface area contributed by atoms with Crippen molar-refractivity contribution >= 4 is 11.6 Å². The summed E-state index contributed by atoms with van der Waals surface area (Å²) in [5.74, 6) is -0.0976. The number of hydrogen-bond acceptors (Lipinski definition) is 2. The second kappa shape index (κ2) is 6.37. The van der Waals surface area contributed by atoms with Crippen LogP contribution in [0, 0.1) is 13.8 Å². The lowest BCUT2D eigenvalue weighted by Crippen LogP contribution is -2.12. The minimum absolute atomic E-state index is 0.0976. The highest BCUT2D eigenvalue weighted by atomic mass is 16.1. The van der Waals surface area contributed by atoms with Crippen molar-refractivity contribution in [3.63, 3.8) is 0 Å². The van der Waals surface area contributed by atoms with E-state index in [1.807, 2.05) is 38.1 Å². The van der Waals surface area contributed by atoms with Gasteiger partial charge in [-0.25, -0.2) is 0 Å². The van der Waals surface area contributed by atoms with Crippen LogP contribution in [-0.2, 0) is 6.42 Å². The average molecular weight is 271 g/mol. The lowest BCUT2D eigenvalue weighted by atomic mass is 10.1. The molecule has 0 spiro atoms. The van der Waals surface area contributed by atoms with Crippen LogP contribution in [0.15, 0.2) is 24.3 Å².